The Hall–Kier alpha value is -3.54. The fourth-order valence-corrected chi connectivity index (χ4v) is 2.84. The van der Waals surface area contributed by atoms with Crippen LogP contribution in [0.5, 0.6) is 0 Å². The van der Waals surface area contributed by atoms with Crippen LogP contribution < -0.4 is 10.9 Å². The van der Waals surface area contributed by atoms with Crippen molar-refractivity contribution >= 4 is 11.7 Å². The van der Waals surface area contributed by atoms with Crippen LogP contribution in [-0.4, -0.2) is 16.3 Å². The number of nitrogens with zero attached hydrogens (tertiary/aromatic N) is 1. The number of hydrogen-bond donors (Lipinski definition) is 1. The number of Topliss-reactive ketones (excluding diaryl/α,β-unsaturated/α-hetero) is 1. The van der Waals surface area contributed by atoms with Crippen molar-refractivity contribution < 1.29 is 14.0 Å². The van der Waals surface area contributed by atoms with Crippen LogP contribution >= 0.6 is 0 Å². The van der Waals surface area contributed by atoms with Crippen LogP contribution in [0.15, 0.2) is 77.7 Å². The van der Waals surface area contributed by atoms with Crippen LogP contribution in [0, 0.1) is 12.7 Å². The Balaban J connectivity index is 1.95. The van der Waals surface area contributed by atoms with Gasteiger partial charge in [-0.05, 0) is 42.3 Å². The molecule has 1 aromatic heterocycles. The van der Waals surface area contributed by atoms with Gasteiger partial charge in [-0.25, -0.2) is 4.39 Å². The molecular weight excluding hydrogens is 359 g/mol. The molecule has 0 radical (unpaired) electrons. The summed E-state index contributed by atoms with van der Waals surface area (Å²) < 4.78 is 14.3. The number of halogens is 1. The van der Waals surface area contributed by atoms with Gasteiger partial charge in [0.1, 0.15) is 5.82 Å². The number of rotatable bonds is 6. The van der Waals surface area contributed by atoms with Gasteiger partial charge in [-0.15, -0.1) is 0 Å². The highest BCUT2D eigenvalue weighted by Crippen LogP contribution is 2.15. The average molecular weight is 378 g/mol. The number of nitrogens with one attached hydrogen (secondary N) is 1. The topological polar surface area (TPSA) is 68.2 Å². The number of carbonyl (C=O) groups excluding carboxylic acids is 2. The fraction of sp³-hybridized carbons (Fsp3) is 0.136. The maximum Gasteiger partial charge on any atom is 0.251 e. The summed E-state index contributed by atoms with van der Waals surface area (Å²) in [4.78, 5) is 38.3. The number of aromatic nitrogens is 1. The Kier molecular flexibility index (Phi) is 5.79. The van der Waals surface area contributed by atoms with Crippen molar-refractivity contribution in [3.63, 3.8) is 0 Å². The van der Waals surface area contributed by atoms with E-state index in [-0.39, 0.29) is 12.1 Å². The monoisotopic (exact) mass is 378 g/mol. The molecule has 2 aromatic carbocycles. The van der Waals surface area contributed by atoms with Crippen molar-refractivity contribution in [2.75, 3.05) is 0 Å². The van der Waals surface area contributed by atoms with E-state index in [1.807, 2.05) is 30.3 Å². The number of pyridine rings is 1. The average Bonchev–Trinajstić information content (AvgIpc) is 2.70. The Morgan fingerprint density at radius 1 is 1.00 bits per heavy atom. The summed E-state index contributed by atoms with van der Waals surface area (Å²) in [6.07, 6.45) is 1.47. The molecule has 0 fully saturated rings. The lowest BCUT2D eigenvalue weighted by atomic mass is 10.0. The molecule has 0 saturated heterocycles. The van der Waals surface area contributed by atoms with Gasteiger partial charge in [-0.2, -0.15) is 0 Å². The van der Waals surface area contributed by atoms with E-state index in [0.29, 0.717) is 0 Å². The molecule has 5 nitrogen and oxygen atoms in total. The van der Waals surface area contributed by atoms with E-state index in [1.165, 1.54) is 24.4 Å². The third kappa shape index (κ3) is 4.40. The van der Waals surface area contributed by atoms with E-state index >= 15 is 0 Å². The number of ketones is 1. The molecule has 6 heteroatoms. The summed E-state index contributed by atoms with van der Waals surface area (Å²) in [5.74, 6) is -1.68. The molecule has 0 spiro atoms. The van der Waals surface area contributed by atoms with Gasteiger partial charge < -0.3 is 5.32 Å². The van der Waals surface area contributed by atoms with Crippen molar-refractivity contribution in [3.8, 4) is 0 Å². The van der Waals surface area contributed by atoms with Gasteiger partial charge >= 0.3 is 0 Å². The van der Waals surface area contributed by atoms with Crippen LogP contribution in [0.4, 0.5) is 4.39 Å². The summed E-state index contributed by atoms with van der Waals surface area (Å²) >= 11 is 0. The van der Waals surface area contributed by atoms with Crippen molar-refractivity contribution in [1.29, 1.82) is 0 Å². The molecule has 0 aliphatic rings. The quantitative estimate of drug-likeness (QED) is 0.530. The minimum absolute atomic E-state index is 0.148. The maximum atomic E-state index is 13.2. The Morgan fingerprint density at radius 2 is 1.68 bits per heavy atom. The van der Waals surface area contributed by atoms with E-state index in [9.17, 15) is 18.8 Å². The van der Waals surface area contributed by atoms with Crippen molar-refractivity contribution in [2.45, 2.75) is 19.5 Å². The van der Waals surface area contributed by atoms with Gasteiger partial charge in [0.15, 0.2) is 11.8 Å². The molecule has 0 unspecified atom stereocenters. The van der Waals surface area contributed by atoms with Gasteiger partial charge in [0, 0.05) is 24.4 Å². The van der Waals surface area contributed by atoms with Crippen LogP contribution in [-0.2, 0) is 11.3 Å². The summed E-state index contributed by atoms with van der Waals surface area (Å²) in [6.45, 7) is 1.98. The normalized spacial score (nSPS) is 11.6. The van der Waals surface area contributed by atoms with E-state index < -0.39 is 29.1 Å². The van der Waals surface area contributed by atoms with E-state index in [2.05, 4.69) is 5.32 Å². The zero-order chi connectivity index (χ0) is 20.1. The number of hydrogen-bond acceptors (Lipinski definition) is 3. The number of benzene rings is 2. The van der Waals surface area contributed by atoms with Gasteiger partial charge in [0.05, 0.1) is 0 Å². The van der Waals surface area contributed by atoms with Crippen molar-refractivity contribution in [3.05, 3.63) is 106 Å². The predicted octanol–water partition coefficient (Wildman–Crippen LogP) is 3.04. The predicted molar refractivity (Wildman–Crippen MR) is 103 cm³/mol. The third-order valence-electron chi connectivity index (χ3n) is 4.30. The zero-order valence-electron chi connectivity index (χ0n) is 15.3. The number of carbonyl (C=O) groups is 2. The first kappa shape index (κ1) is 19.2. The molecule has 1 N–H and O–H groups in total. The summed E-state index contributed by atoms with van der Waals surface area (Å²) in [6, 6.07) is 15.7. The smallest absolute Gasteiger partial charge is 0.251 e. The minimum Gasteiger partial charge on any atom is -0.350 e. The second-order valence-corrected chi connectivity index (χ2v) is 6.43. The molecule has 0 aliphatic heterocycles. The Morgan fingerprint density at radius 3 is 2.36 bits per heavy atom. The van der Waals surface area contributed by atoms with Crippen LogP contribution in [0.25, 0.3) is 0 Å². The summed E-state index contributed by atoms with van der Waals surface area (Å²) in [5, 5.41) is 2.71. The number of amides is 1. The van der Waals surface area contributed by atoms with Gasteiger partial charge in [0.2, 0.25) is 0 Å². The minimum atomic E-state index is -1.39. The lowest BCUT2D eigenvalue weighted by Gasteiger charge is -2.19. The first-order chi connectivity index (χ1) is 13.5. The van der Waals surface area contributed by atoms with E-state index in [4.69, 9.17) is 0 Å². The molecule has 0 bridgehead atoms. The Bertz CT molecular complexity index is 1040. The first-order valence-corrected chi connectivity index (χ1v) is 8.76. The van der Waals surface area contributed by atoms with Crippen molar-refractivity contribution in [1.82, 2.24) is 9.88 Å². The largest absolute Gasteiger partial charge is 0.350 e. The summed E-state index contributed by atoms with van der Waals surface area (Å²) in [7, 11) is 0. The lowest BCUT2D eigenvalue weighted by Crippen LogP contribution is -2.41. The van der Waals surface area contributed by atoms with Gasteiger partial charge in [-0.3, -0.25) is 19.0 Å². The highest BCUT2D eigenvalue weighted by Gasteiger charge is 2.30. The third-order valence-corrected chi connectivity index (χ3v) is 4.30. The molecule has 1 amide bonds. The van der Waals surface area contributed by atoms with Crippen LogP contribution in [0.1, 0.15) is 27.5 Å². The molecule has 1 atom stereocenters. The highest BCUT2D eigenvalue weighted by molar-refractivity contribution is 6.11. The molecule has 1 heterocycles. The molecule has 28 heavy (non-hydrogen) atoms. The zero-order valence-corrected chi connectivity index (χ0v) is 15.3. The van der Waals surface area contributed by atoms with Crippen LogP contribution in [0.2, 0.25) is 0 Å². The van der Waals surface area contributed by atoms with Gasteiger partial charge in [0.25, 0.3) is 11.5 Å². The molecule has 3 rings (SSSR count). The first-order valence-electron chi connectivity index (χ1n) is 8.76. The fourth-order valence-electron chi connectivity index (χ4n) is 2.84. The molecule has 3 aromatic rings. The summed E-state index contributed by atoms with van der Waals surface area (Å²) in [5.41, 5.74) is 1.27. The second kappa shape index (κ2) is 8.43. The van der Waals surface area contributed by atoms with Crippen molar-refractivity contribution in [2.24, 2.45) is 0 Å². The van der Waals surface area contributed by atoms with Crippen LogP contribution in [0.3, 0.4) is 0 Å². The lowest BCUT2D eigenvalue weighted by molar-refractivity contribution is -0.123. The standard InChI is InChI=1S/C22H19FN2O3/c1-15-7-12-19(26)25(14-15)20(21(27)17-8-10-18(23)11-9-17)22(28)24-13-16-5-3-2-4-6-16/h2-12,14,20H,13H2,1H3,(H,24,28)/t20-/m0/s1. The molecule has 0 aliphatic carbocycles. The molecule has 142 valence electrons. The maximum absolute atomic E-state index is 13.2. The molecule has 0 saturated carbocycles. The second-order valence-electron chi connectivity index (χ2n) is 6.43. The number of aryl methyl sites for hydroxylation is 1. The van der Waals surface area contributed by atoms with E-state index in [1.54, 1.807) is 13.0 Å². The highest BCUT2D eigenvalue weighted by atomic mass is 19.1. The Labute approximate surface area is 161 Å². The SMILES string of the molecule is Cc1ccc(=O)n([C@H](C(=O)NCc2ccccc2)C(=O)c2ccc(F)cc2)c1. The molecular formula is C22H19FN2O3. The van der Waals surface area contributed by atoms with Gasteiger partial charge in [-0.1, -0.05) is 36.4 Å². The van der Waals surface area contributed by atoms with E-state index in [0.717, 1.165) is 27.8 Å².